The lowest BCUT2D eigenvalue weighted by Crippen LogP contribution is -2.44. The molecule has 1 saturated heterocycles. The Bertz CT molecular complexity index is 434. The van der Waals surface area contributed by atoms with Gasteiger partial charge in [-0.3, -0.25) is 0 Å². The first-order chi connectivity index (χ1) is 8.72. The van der Waals surface area contributed by atoms with Crippen molar-refractivity contribution in [3.63, 3.8) is 0 Å². The quantitative estimate of drug-likeness (QED) is 0.845. The van der Waals surface area contributed by atoms with Gasteiger partial charge < -0.3 is 5.32 Å². The summed E-state index contributed by atoms with van der Waals surface area (Å²) in [5.41, 5.74) is 0.906. The van der Waals surface area contributed by atoms with Gasteiger partial charge in [0.2, 0.25) is 0 Å². The molecule has 1 nitrogen and oxygen atoms in total. The van der Waals surface area contributed by atoms with Crippen LogP contribution in [-0.4, -0.2) is 6.54 Å². The van der Waals surface area contributed by atoms with Crippen LogP contribution in [0.5, 0.6) is 0 Å². The molecule has 1 aromatic rings. The van der Waals surface area contributed by atoms with E-state index in [1.165, 1.54) is 38.2 Å². The van der Waals surface area contributed by atoms with Crippen LogP contribution in [0.1, 0.15) is 44.1 Å². The van der Waals surface area contributed by atoms with Crippen molar-refractivity contribution in [1.29, 1.82) is 0 Å². The van der Waals surface area contributed by atoms with Crippen LogP contribution in [-0.2, 0) is 5.54 Å². The van der Waals surface area contributed by atoms with E-state index in [0.717, 1.165) is 18.5 Å². The summed E-state index contributed by atoms with van der Waals surface area (Å²) >= 11 is 6.34. The van der Waals surface area contributed by atoms with E-state index in [0.29, 0.717) is 10.9 Å². The minimum atomic E-state index is -0.180. The van der Waals surface area contributed by atoms with Crippen molar-refractivity contribution in [3.8, 4) is 0 Å². The summed E-state index contributed by atoms with van der Waals surface area (Å²) in [5.74, 6) is 0.454. The number of hydrogen-bond donors (Lipinski definition) is 1. The fourth-order valence-electron chi connectivity index (χ4n) is 3.32. The molecule has 0 amide bonds. The fourth-order valence-corrected chi connectivity index (χ4v) is 3.61. The Hall–Kier alpha value is -0.600. The van der Waals surface area contributed by atoms with E-state index in [4.69, 9.17) is 11.6 Å². The van der Waals surface area contributed by atoms with Gasteiger partial charge in [-0.05, 0) is 61.9 Å². The maximum atomic E-state index is 13.6. The monoisotopic (exact) mass is 267 g/mol. The lowest BCUT2D eigenvalue weighted by atomic mass is 9.81. The maximum Gasteiger partial charge on any atom is 0.123 e. The highest BCUT2D eigenvalue weighted by atomic mass is 35.5. The first-order valence-electron chi connectivity index (χ1n) is 6.93. The molecule has 98 valence electrons. The lowest BCUT2D eigenvalue weighted by molar-refractivity contribution is 0.278. The highest BCUT2D eigenvalue weighted by Crippen LogP contribution is 2.51. The zero-order valence-electron chi connectivity index (χ0n) is 10.5. The summed E-state index contributed by atoms with van der Waals surface area (Å²) in [6, 6.07) is 4.78. The Morgan fingerprint density at radius 3 is 2.83 bits per heavy atom. The number of nitrogens with one attached hydrogen (secondary N) is 1. The van der Waals surface area contributed by atoms with Gasteiger partial charge in [-0.15, -0.1) is 0 Å². The van der Waals surface area contributed by atoms with Crippen molar-refractivity contribution in [2.24, 2.45) is 5.92 Å². The van der Waals surface area contributed by atoms with Crippen LogP contribution in [0.3, 0.4) is 0 Å². The van der Waals surface area contributed by atoms with Crippen LogP contribution in [0.15, 0.2) is 18.2 Å². The normalized spacial score (nSPS) is 29.0. The molecular formula is C15H19ClFN. The van der Waals surface area contributed by atoms with Crippen LogP contribution in [0.2, 0.25) is 5.02 Å². The average molecular weight is 268 g/mol. The third-order valence-electron chi connectivity index (χ3n) is 4.37. The van der Waals surface area contributed by atoms with Crippen LogP contribution < -0.4 is 5.32 Å². The molecule has 0 aromatic heterocycles. The SMILES string of the molecule is Fc1ccc(Cl)c(C2(C3CC3)CCCCCN2)c1. The zero-order valence-corrected chi connectivity index (χ0v) is 11.3. The number of rotatable bonds is 2. The molecule has 1 unspecified atom stereocenters. The summed E-state index contributed by atoms with van der Waals surface area (Å²) in [7, 11) is 0. The third-order valence-corrected chi connectivity index (χ3v) is 4.70. The van der Waals surface area contributed by atoms with Gasteiger partial charge >= 0.3 is 0 Å². The Morgan fingerprint density at radius 1 is 1.22 bits per heavy atom. The van der Waals surface area contributed by atoms with Gasteiger partial charge in [-0.25, -0.2) is 4.39 Å². The number of benzene rings is 1. The third kappa shape index (κ3) is 2.17. The fraction of sp³-hybridized carbons (Fsp3) is 0.600. The van der Waals surface area contributed by atoms with E-state index in [1.807, 2.05) is 0 Å². The highest BCUT2D eigenvalue weighted by molar-refractivity contribution is 6.31. The molecule has 3 rings (SSSR count). The minimum Gasteiger partial charge on any atom is -0.307 e. The van der Waals surface area contributed by atoms with Gasteiger partial charge in [-0.1, -0.05) is 24.4 Å². The molecule has 0 spiro atoms. The molecule has 2 aliphatic rings. The van der Waals surface area contributed by atoms with Crippen LogP contribution in [0.4, 0.5) is 4.39 Å². The van der Waals surface area contributed by atoms with E-state index in [2.05, 4.69) is 5.32 Å². The second-order valence-electron chi connectivity index (χ2n) is 5.61. The summed E-state index contributed by atoms with van der Waals surface area (Å²) in [6.07, 6.45) is 7.23. The van der Waals surface area contributed by atoms with Crippen molar-refractivity contribution >= 4 is 11.6 Å². The summed E-state index contributed by atoms with van der Waals surface area (Å²) in [5, 5.41) is 4.40. The Kier molecular flexibility index (Phi) is 3.33. The van der Waals surface area contributed by atoms with E-state index in [-0.39, 0.29) is 11.4 Å². The summed E-state index contributed by atoms with van der Waals surface area (Å²) < 4.78 is 13.6. The van der Waals surface area contributed by atoms with Gasteiger partial charge in [0, 0.05) is 10.6 Å². The molecule has 1 N–H and O–H groups in total. The number of hydrogen-bond acceptors (Lipinski definition) is 1. The first kappa shape index (κ1) is 12.4. The average Bonchev–Trinajstić information content (AvgIpc) is 3.17. The molecule has 1 aliphatic heterocycles. The largest absolute Gasteiger partial charge is 0.307 e. The van der Waals surface area contributed by atoms with Crippen molar-refractivity contribution < 1.29 is 4.39 Å². The van der Waals surface area contributed by atoms with Gasteiger partial charge in [-0.2, -0.15) is 0 Å². The molecule has 0 radical (unpaired) electrons. The first-order valence-corrected chi connectivity index (χ1v) is 7.31. The second-order valence-corrected chi connectivity index (χ2v) is 6.01. The van der Waals surface area contributed by atoms with Crippen LogP contribution in [0.25, 0.3) is 0 Å². The zero-order chi connectivity index (χ0) is 12.6. The molecule has 1 aromatic carbocycles. The van der Waals surface area contributed by atoms with Crippen molar-refractivity contribution in [3.05, 3.63) is 34.6 Å². The molecule has 1 atom stereocenters. The predicted octanol–water partition coefficient (Wildman–Crippen LogP) is 4.25. The molecule has 3 heteroatoms. The Morgan fingerprint density at radius 2 is 2.06 bits per heavy atom. The smallest absolute Gasteiger partial charge is 0.123 e. The van der Waals surface area contributed by atoms with Crippen molar-refractivity contribution in [1.82, 2.24) is 5.32 Å². The van der Waals surface area contributed by atoms with Crippen molar-refractivity contribution in [2.75, 3.05) is 6.54 Å². The standard InChI is InChI=1S/C15H19ClFN/c16-14-7-6-12(17)10-13(14)15(11-4-5-11)8-2-1-3-9-18-15/h6-7,10-11,18H,1-5,8-9H2. The van der Waals surface area contributed by atoms with E-state index in [9.17, 15) is 4.39 Å². The maximum absolute atomic E-state index is 13.6. The van der Waals surface area contributed by atoms with Gasteiger partial charge in [0.15, 0.2) is 0 Å². The van der Waals surface area contributed by atoms with Crippen molar-refractivity contribution in [2.45, 2.75) is 44.1 Å². The molecule has 2 fully saturated rings. The topological polar surface area (TPSA) is 12.0 Å². The van der Waals surface area contributed by atoms with Crippen LogP contribution >= 0.6 is 11.6 Å². The van der Waals surface area contributed by atoms with Gasteiger partial charge in [0.05, 0.1) is 0 Å². The molecular weight excluding hydrogens is 249 g/mol. The highest BCUT2D eigenvalue weighted by Gasteiger charge is 2.47. The van der Waals surface area contributed by atoms with Gasteiger partial charge in [0.25, 0.3) is 0 Å². The second kappa shape index (κ2) is 4.82. The van der Waals surface area contributed by atoms with Gasteiger partial charge in [0.1, 0.15) is 5.82 Å². The molecule has 18 heavy (non-hydrogen) atoms. The van der Waals surface area contributed by atoms with E-state index < -0.39 is 0 Å². The van der Waals surface area contributed by atoms with E-state index in [1.54, 1.807) is 12.1 Å². The predicted molar refractivity (Wildman–Crippen MR) is 72.3 cm³/mol. The summed E-state index contributed by atoms with van der Waals surface area (Å²) in [6.45, 7) is 1.02. The Labute approximate surface area is 113 Å². The Balaban J connectivity index is 2.04. The minimum absolute atomic E-state index is 0.0737. The molecule has 1 aliphatic carbocycles. The summed E-state index contributed by atoms with van der Waals surface area (Å²) in [4.78, 5) is 0. The lowest BCUT2D eigenvalue weighted by Gasteiger charge is -2.35. The molecule has 1 saturated carbocycles. The molecule has 0 bridgehead atoms. The number of halogens is 2. The van der Waals surface area contributed by atoms with E-state index >= 15 is 0 Å². The molecule has 1 heterocycles. The van der Waals surface area contributed by atoms with Crippen LogP contribution in [0, 0.1) is 11.7 Å².